The van der Waals surface area contributed by atoms with Crippen molar-refractivity contribution >= 4 is 21.9 Å². The van der Waals surface area contributed by atoms with Crippen molar-refractivity contribution in [1.82, 2.24) is 9.21 Å². The lowest BCUT2D eigenvalue weighted by molar-refractivity contribution is -0.135. The number of sulfonamides is 1. The van der Waals surface area contributed by atoms with Gasteiger partial charge >= 0.3 is 5.97 Å². The minimum absolute atomic E-state index is 0.0567. The zero-order valence-corrected chi connectivity index (χ0v) is 14.8. The molecule has 1 aliphatic rings. The van der Waals surface area contributed by atoms with Crippen LogP contribution in [-0.4, -0.2) is 60.5 Å². The summed E-state index contributed by atoms with van der Waals surface area (Å²) in [6.45, 7) is 1.97. The van der Waals surface area contributed by atoms with E-state index in [4.69, 9.17) is 9.52 Å². The molecule has 1 atom stereocenters. The number of carbonyl (C=O) groups is 2. The monoisotopic (exact) mass is 358 g/mol. The molecule has 0 spiro atoms. The van der Waals surface area contributed by atoms with Crippen LogP contribution in [0.3, 0.4) is 0 Å². The molecule has 9 heteroatoms. The summed E-state index contributed by atoms with van der Waals surface area (Å²) in [5.74, 6) is -0.783. The normalized spacial score (nSPS) is 19.2. The van der Waals surface area contributed by atoms with Crippen LogP contribution in [0.4, 0.5) is 0 Å². The first-order chi connectivity index (χ1) is 11.1. The first kappa shape index (κ1) is 18.5. The number of rotatable bonds is 5. The number of carboxylic acids is 1. The number of amides is 1. The van der Waals surface area contributed by atoms with Crippen molar-refractivity contribution in [3.05, 3.63) is 23.2 Å². The van der Waals surface area contributed by atoms with Crippen molar-refractivity contribution in [2.45, 2.75) is 38.8 Å². The van der Waals surface area contributed by atoms with Crippen LogP contribution in [0.2, 0.25) is 0 Å². The first-order valence-corrected chi connectivity index (χ1v) is 9.50. The highest BCUT2D eigenvalue weighted by molar-refractivity contribution is 7.88. The van der Waals surface area contributed by atoms with Crippen LogP contribution in [0, 0.1) is 6.92 Å². The Morgan fingerprint density at radius 3 is 2.62 bits per heavy atom. The molecule has 1 aromatic rings. The molecule has 1 saturated heterocycles. The van der Waals surface area contributed by atoms with E-state index in [0.29, 0.717) is 18.7 Å². The van der Waals surface area contributed by atoms with Crippen LogP contribution < -0.4 is 0 Å². The van der Waals surface area contributed by atoms with Gasteiger partial charge < -0.3 is 14.4 Å². The van der Waals surface area contributed by atoms with E-state index >= 15 is 0 Å². The van der Waals surface area contributed by atoms with Crippen molar-refractivity contribution in [3.63, 3.8) is 0 Å². The lowest BCUT2D eigenvalue weighted by Crippen LogP contribution is -2.51. The maximum Gasteiger partial charge on any atom is 0.339 e. The number of piperidine rings is 1. The van der Waals surface area contributed by atoms with E-state index in [1.807, 2.05) is 0 Å². The molecule has 0 aromatic carbocycles. The minimum Gasteiger partial charge on any atom is -0.478 e. The number of aryl methyl sites for hydroxylation is 1. The highest BCUT2D eigenvalue weighted by atomic mass is 32.2. The van der Waals surface area contributed by atoms with Gasteiger partial charge in [0.25, 0.3) is 0 Å². The number of carboxylic acid groups (broad SMARTS) is 1. The topological polar surface area (TPSA) is 108 Å². The van der Waals surface area contributed by atoms with Gasteiger partial charge in [0.2, 0.25) is 15.9 Å². The van der Waals surface area contributed by atoms with E-state index in [2.05, 4.69) is 0 Å². The summed E-state index contributed by atoms with van der Waals surface area (Å²) in [5.41, 5.74) is 0.0567. The lowest BCUT2D eigenvalue weighted by Gasteiger charge is -2.34. The van der Waals surface area contributed by atoms with Crippen LogP contribution in [0.25, 0.3) is 0 Å². The molecule has 1 fully saturated rings. The Balaban J connectivity index is 2.13. The summed E-state index contributed by atoms with van der Waals surface area (Å²) in [6, 6.07) is 0.671. The van der Waals surface area contributed by atoms with Gasteiger partial charge in [-0.15, -0.1) is 0 Å². The third kappa shape index (κ3) is 3.96. The molecule has 0 radical (unpaired) electrons. The average molecular weight is 358 g/mol. The standard InChI is InChI=1S/C15H22N2O6S/c1-10-12(15(19)20)8-11(23-10)9-16(2)14(18)13-6-4-5-7-17(13)24(3,21)22/h8,13H,4-7,9H2,1-3H3,(H,19,20)/t13-/m0/s1. The SMILES string of the molecule is Cc1oc(CN(C)C(=O)[C@@H]2CCCCN2S(C)(=O)=O)cc1C(=O)O. The maximum atomic E-state index is 12.6. The van der Waals surface area contributed by atoms with Crippen molar-refractivity contribution in [2.24, 2.45) is 0 Å². The third-order valence-corrected chi connectivity index (χ3v) is 5.42. The van der Waals surface area contributed by atoms with Crippen LogP contribution in [-0.2, 0) is 21.4 Å². The average Bonchev–Trinajstić information content (AvgIpc) is 2.86. The summed E-state index contributed by atoms with van der Waals surface area (Å²) in [4.78, 5) is 25.1. The van der Waals surface area contributed by atoms with Crippen molar-refractivity contribution < 1.29 is 27.5 Å². The Morgan fingerprint density at radius 1 is 1.42 bits per heavy atom. The largest absolute Gasteiger partial charge is 0.478 e. The van der Waals surface area contributed by atoms with Gasteiger partial charge in [-0.25, -0.2) is 13.2 Å². The first-order valence-electron chi connectivity index (χ1n) is 7.65. The summed E-state index contributed by atoms with van der Waals surface area (Å²) in [6.07, 6.45) is 3.11. The Hall–Kier alpha value is -1.87. The summed E-state index contributed by atoms with van der Waals surface area (Å²) >= 11 is 0. The molecule has 0 unspecified atom stereocenters. The number of hydrogen-bond donors (Lipinski definition) is 1. The second-order valence-corrected chi connectivity index (χ2v) is 8.00. The summed E-state index contributed by atoms with van der Waals surface area (Å²) in [7, 11) is -1.90. The van der Waals surface area contributed by atoms with E-state index in [0.717, 1.165) is 19.1 Å². The fraction of sp³-hybridized carbons (Fsp3) is 0.600. The molecule has 2 rings (SSSR count). The molecule has 1 N–H and O–H groups in total. The second-order valence-electron chi connectivity index (χ2n) is 6.07. The van der Waals surface area contributed by atoms with Crippen LogP contribution in [0.1, 0.15) is 41.1 Å². The van der Waals surface area contributed by atoms with Gasteiger partial charge in [-0.1, -0.05) is 6.42 Å². The van der Waals surface area contributed by atoms with Crippen LogP contribution >= 0.6 is 0 Å². The van der Waals surface area contributed by atoms with Gasteiger partial charge in [0, 0.05) is 13.6 Å². The van der Waals surface area contributed by atoms with Gasteiger partial charge in [-0.3, -0.25) is 4.79 Å². The summed E-state index contributed by atoms with van der Waals surface area (Å²) in [5, 5.41) is 9.04. The van der Waals surface area contributed by atoms with Gasteiger partial charge in [-0.05, 0) is 25.8 Å². The molecule has 1 aliphatic heterocycles. The molecule has 24 heavy (non-hydrogen) atoms. The molecule has 8 nitrogen and oxygen atoms in total. The number of hydrogen-bond acceptors (Lipinski definition) is 5. The quantitative estimate of drug-likeness (QED) is 0.843. The smallest absolute Gasteiger partial charge is 0.339 e. The third-order valence-electron chi connectivity index (χ3n) is 4.13. The number of aromatic carboxylic acids is 1. The zero-order valence-electron chi connectivity index (χ0n) is 14.0. The molecular weight excluding hydrogens is 336 g/mol. The molecule has 0 saturated carbocycles. The van der Waals surface area contributed by atoms with Crippen molar-refractivity contribution in [2.75, 3.05) is 19.8 Å². The van der Waals surface area contributed by atoms with E-state index in [-0.39, 0.29) is 23.8 Å². The van der Waals surface area contributed by atoms with Gasteiger partial charge in [0.1, 0.15) is 23.1 Å². The predicted octanol–water partition coefficient (Wildman–Crippen LogP) is 1.06. The molecule has 2 heterocycles. The Morgan fingerprint density at radius 2 is 2.08 bits per heavy atom. The van der Waals surface area contributed by atoms with E-state index < -0.39 is 22.0 Å². The molecule has 1 amide bonds. The fourth-order valence-electron chi connectivity index (χ4n) is 2.95. The lowest BCUT2D eigenvalue weighted by atomic mass is 10.0. The molecule has 1 aromatic heterocycles. The van der Waals surface area contributed by atoms with Gasteiger partial charge in [0.05, 0.1) is 12.8 Å². The molecule has 0 bridgehead atoms. The van der Waals surface area contributed by atoms with E-state index in [9.17, 15) is 18.0 Å². The van der Waals surface area contributed by atoms with E-state index in [1.165, 1.54) is 15.3 Å². The minimum atomic E-state index is -3.46. The number of carbonyl (C=O) groups excluding carboxylic acids is 1. The van der Waals surface area contributed by atoms with Crippen LogP contribution in [0.5, 0.6) is 0 Å². The second kappa shape index (κ2) is 6.94. The van der Waals surface area contributed by atoms with Gasteiger partial charge in [-0.2, -0.15) is 4.31 Å². The zero-order chi connectivity index (χ0) is 18.1. The van der Waals surface area contributed by atoms with E-state index in [1.54, 1.807) is 14.0 Å². The van der Waals surface area contributed by atoms with Crippen LogP contribution in [0.15, 0.2) is 10.5 Å². The van der Waals surface area contributed by atoms with Crippen molar-refractivity contribution in [1.29, 1.82) is 0 Å². The Bertz CT molecular complexity index is 739. The highest BCUT2D eigenvalue weighted by Gasteiger charge is 2.36. The van der Waals surface area contributed by atoms with Crippen molar-refractivity contribution in [3.8, 4) is 0 Å². The number of furan rings is 1. The predicted molar refractivity (Wildman–Crippen MR) is 86.1 cm³/mol. The maximum absolute atomic E-state index is 12.6. The number of likely N-dealkylation sites (N-methyl/N-ethyl adjacent to an activating group) is 1. The molecule has 0 aliphatic carbocycles. The molecule has 134 valence electrons. The number of nitrogens with zero attached hydrogens (tertiary/aromatic N) is 2. The summed E-state index contributed by atoms with van der Waals surface area (Å²) < 4.78 is 30.4. The Labute approximate surface area is 141 Å². The van der Waals surface area contributed by atoms with Gasteiger partial charge in [0.15, 0.2) is 0 Å². The molecular formula is C15H22N2O6S. The Kier molecular flexibility index (Phi) is 5.34. The highest BCUT2D eigenvalue weighted by Crippen LogP contribution is 2.23. The fourth-order valence-corrected chi connectivity index (χ4v) is 4.07.